The molecule has 0 aliphatic carbocycles. The molecule has 6 heteroatoms. The van der Waals surface area contributed by atoms with Gasteiger partial charge in [0.2, 0.25) is 5.91 Å². The van der Waals surface area contributed by atoms with Crippen LogP contribution in [0.5, 0.6) is 5.75 Å². The van der Waals surface area contributed by atoms with E-state index >= 15 is 0 Å². The van der Waals surface area contributed by atoms with Crippen LogP contribution in [0.25, 0.3) is 0 Å². The number of carbonyl (C=O) groups is 1. The number of hydrogen-bond acceptors (Lipinski definition) is 3. The van der Waals surface area contributed by atoms with Crippen molar-refractivity contribution in [1.29, 1.82) is 0 Å². The summed E-state index contributed by atoms with van der Waals surface area (Å²) >= 11 is 0. The van der Waals surface area contributed by atoms with E-state index in [0.29, 0.717) is 24.0 Å². The molecule has 1 aromatic carbocycles. The second kappa shape index (κ2) is 9.59. The van der Waals surface area contributed by atoms with E-state index in [9.17, 15) is 13.6 Å². The van der Waals surface area contributed by atoms with Crippen LogP contribution in [0.15, 0.2) is 24.3 Å². The highest BCUT2D eigenvalue weighted by Crippen LogP contribution is 2.26. The van der Waals surface area contributed by atoms with Crippen molar-refractivity contribution in [3.63, 3.8) is 0 Å². The largest absolute Gasteiger partial charge is 0.485 e. The first-order valence-corrected chi connectivity index (χ1v) is 8.97. The van der Waals surface area contributed by atoms with Crippen molar-refractivity contribution in [2.75, 3.05) is 31.6 Å². The Morgan fingerprint density at radius 3 is 2.60 bits per heavy atom. The summed E-state index contributed by atoms with van der Waals surface area (Å²) in [5.74, 6) is 1.54. The summed E-state index contributed by atoms with van der Waals surface area (Å²) in [6.07, 6.45) is 0.0340. The molecule has 1 N–H and O–H groups in total. The molecule has 140 valence electrons. The number of hydrogen-bond donors (Lipinski definition) is 1. The Morgan fingerprint density at radius 1 is 1.28 bits per heavy atom. The summed E-state index contributed by atoms with van der Waals surface area (Å²) in [6, 6.07) is 7.15. The standard InChI is InChI=1S/C19H28F2N2O2/c1-14(2)11-19(24)23-9-7-15(8-10-23)12-22-16-5-3-4-6-17(16)25-13-18(20)21/h3-6,14-15,18,22H,7-13H2,1-2H3. The van der Waals surface area contributed by atoms with Gasteiger partial charge in [-0.2, -0.15) is 0 Å². The predicted octanol–water partition coefficient (Wildman–Crippen LogP) is 4.03. The van der Waals surface area contributed by atoms with Gasteiger partial charge >= 0.3 is 0 Å². The van der Waals surface area contributed by atoms with Crippen molar-refractivity contribution in [1.82, 2.24) is 4.90 Å². The lowest BCUT2D eigenvalue weighted by Crippen LogP contribution is -2.40. The summed E-state index contributed by atoms with van der Waals surface area (Å²) in [5.41, 5.74) is 0.737. The predicted molar refractivity (Wildman–Crippen MR) is 95.2 cm³/mol. The molecule has 1 saturated heterocycles. The van der Waals surface area contributed by atoms with Gasteiger partial charge in [-0.05, 0) is 36.8 Å². The number of benzene rings is 1. The third-order valence-corrected chi connectivity index (χ3v) is 4.38. The minimum atomic E-state index is -2.49. The number of halogens is 2. The molecule has 0 unspecified atom stereocenters. The fourth-order valence-corrected chi connectivity index (χ4v) is 3.01. The summed E-state index contributed by atoms with van der Waals surface area (Å²) in [4.78, 5) is 14.1. The average molecular weight is 354 g/mol. The molecule has 1 aliphatic heterocycles. The number of piperidine rings is 1. The van der Waals surface area contributed by atoms with E-state index < -0.39 is 13.0 Å². The number of alkyl halides is 2. The van der Waals surface area contributed by atoms with Crippen LogP contribution < -0.4 is 10.1 Å². The molecule has 0 atom stereocenters. The zero-order valence-electron chi connectivity index (χ0n) is 15.0. The number of amides is 1. The molecule has 0 bridgehead atoms. The van der Waals surface area contributed by atoms with Crippen LogP contribution in [-0.4, -0.2) is 43.5 Å². The van der Waals surface area contributed by atoms with Crippen LogP contribution >= 0.6 is 0 Å². The van der Waals surface area contributed by atoms with E-state index in [1.807, 2.05) is 17.0 Å². The SMILES string of the molecule is CC(C)CC(=O)N1CCC(CNc2ccccc2OCC(F)F)CC1. The molecule has 0 radical (unpaired) electrons. The topological polar surface area (TPSA) is 41.6 Å². The molecule has 1 aromatic rings. The summed E-state index contributed by atoms with van der Waals surface area (Å²) in [5, 5.41) is 3.31. The Labute approximate surface area is 148 Å². The minimum absolute atomic E-state index is 0.243. The zero-order valence-corrected chi connectivity index (χ0v) is 15.0. The summed E-state index contributed by atoms with van der Waals surface area (Å²) < 4.78 is 29.8. The molecule has 1 aliphatic rings. The molecule has 4 nitrogen and oxygen atoms in total. The number of ether oxygens (including phenoxy) is 1. The number of para-hydroxylation sites is 2. The van der Waals surface area contributed by atoms with Crippen molar-refractivity contribution in [2.45, 2.75) is 39.5 Å². The number of rotatable bonds is 8. The number of likely N-dealkylation sites (tertiary alicyclic amines) is 1. The van der Waals surface area contributed by atoms with Crippen LogP contribution in [0.4, 0.5) is 14.5 Å². The van der Waals surface area contributed by atoms with Gasteiger partial charge in [-0.25, -0.2) is 8.78 Å². The Morgan fingerprint density at radius 2 is 1.96 bits per heavy atom. The first kappa shape index (κ1) is 19.5. The highest BCUT2D eigenvalue weighted by atomic mass is 19.3. The average Bonchev–Trinajstić information content (AvgIpc) is 2.58. The van der Waals surface area contributed by atoms with Gasteiger partial charge in [-0.3, -0.25) is 4.79 Å². The molecular formula is C19H28F2N2O2. The highest BCUT2D eigenvalue weighted by Gasteiger charge is 2.23. The summed E-state index contributed by atoms with van der Waals surface area (Å²) in [6.45, 7) is 5.85. The molecule has 25 heavy (non-hydrogen) atoms. The third-order valence-electron chi connectivity index (χ3n) is 4.38. The van der Waals surface area contributed by atoms with E-state index in [4.69, 9.17) is 4.74 Å². The Bertz CT molecular complexity index is 544. The summed E-state index contributed by atoms with van der Waals surface area (Å²) in [7, 11) is 0. The van der Waals surface area contributed by atoms with Gasteiger partial charge in [0.05, 0.1) is 5.69 Å². The molecule has 2 rings (SSSR count). The van der Waals surface area contributed by atoms with Crippen molar-refractivity contribution in [2.24, 2.45) is 11.8 Å². The normalized spacial score (nSPS) is 15.7. The monoisotopic (exact) mass is 354 g/mol. The van der Waals surface area contributed by atoms with Gasteiger partial charge in [0.15, 0.2) is 0 Å². The van der Waals surface area contributed by atoms with Gasteiger partial charge in [0, 0.05) is 26.1 Å². The fraction of sp³-hybridized carbons (Fsp3) is 0.632. The zero-order chi connectivity index (χ0) is 18.2. The smallest absolute Gasteiger partial charge is 0.272 e. The molecular weight excluding hydrogens is 326 g/mol. The molecule has 1 amide bonds. The quantitative estimate of drug-likeness (QED) is 0.766. The van der Waals surface area contributed by atoms with Crippen LogP contribution in [0.1, 0.15) is 33.1 Å². The second-order valence-corrected chi connectivity index (χ2v) is 7.00. The first-order valence-electron chi connectivity index (χ1n) is 8.97. The van der Waals surface area contributed by atoms with Crippen molar-refractivity contribution in [3.8, 4) is 5.75 Å². The lowest BCUT2D eigenvalue weighted by Gasteiger charge is -2.32. The Kier molecular flexibility index (Phi) is 7.47. The second-order valence-electron chi connectivity index (χ2n) is 7.00. The van der Waals surface area contributed by atoms with Gasteiger partial charge in [-0.15, -0.1) is 0 Å². The minimum Gasteiger partial charge on any atom is -0.485 e. The van der Waals surface area contributed by atoms with Crippen LogP contribution in [-0.2, 0) is 4.79 Å². The number of nitrogens with one attached hydrogen (secondary N) is 1. The highest BCUT2D eigenvalue weighted by molar-refractivity contribution is 5.76. The third kappa shape index (κ3) is 6.52. The van der Waals surface area contributed by atoms with E-state index in [-0.39, 0.29) is 5.91 Å². The van der Waals surface area contributed by atoms with Crippen molar-refractivity contribution < 1.29 is 18.3 Å². The number of carbonyl (C=O) groups excluding carboxylic acids is 1. The number of anilines is 1. The van der Waals surface area contributed by atoms with Crippen LogP contribution in [0.3, 0.4) is 0 Å². The van der Waals surface area contributed by atoms with Crippen molar-refractivity contribution in [3.05, 3.63) is 24.3 Å². The van der Waals surface area contributed by atoms with Gasteiger partial charge in [0.25, 0.3) is 6.43 Å². The maximum absolute atomic E-state index is 12.3. The lowest BCUT2D eigenvalue weighted by atomic mass is 9.96. The fourth-order valence-electron chi connectivity index (χ4n) is 3.01. The molecule has 1 fully saturated rings. The Hall–Kier alpha value is -1.85. The molecule has 0 saturated carbocycles. The molecule has 0 spiro atoms. The van der Waals surface area contributed by atoms with Gasteiger partial charge < -0.3 is 15.0 Å². The van der Waals surface area contributed by atoms with Gasteiger partial charge in [-0.1, -0.05) is 26.0 Å². The molecule has 1 heterocycles. The Balaban J connectivity index is 1.79. The maximum atomic E-state index is 12.3. The van der Waals surface area contributed by atoms with E-state index in [0.717, 1.165) is 38.2 Å². The number of nitrogens with zero attached hydrogens (tertiary/aromatic N) is 1. The first-order chi connectivity index (χ1) is 12.0. The van der Waals surface area contributed by atoms with Crippen LogP contribution in [0.2, 0.25) is 0 Å². The molecule has 0 aromatic heterocycles. The lowest BCUT2D eigenvalue weighted by molar-refractivity contribution is -0.133. The van der Waals surface area contributed by atoms with Crippen molar-refractivity contribution >= 4 is 11.6 Å². The maximum Gasteiger partial charge on any atom is 0.272 e. The van der Waals surface area contributed by atoms with E-state index in [1.54, 1.807) is 12.1 Å². The van der Waals surface area contributed by atoms with E-state index in [1.165, 1.54) is 0 Å². The van der Waals surface area contributed by atoms with E-state index in [2.05, 4.69) is 19.2 Å². The van der Waals surface area contributed by atoms with Crippen LogP contribution in [0, 0.1) is 11.8 Å². The van der Waals surface area contributed by atoms with Gasteiger partial charge in [0.1, 0.15) is 12.4 Å².